The van der Waals surface area contributed by atoms with E-state index in [2.05, 4.69) is 5.32 Å². The first-order chi connectivity index (χ1) is 13.8. The van der Waals surface area contributed by atoms with E-state index in [-0.39, 0.29) is 16.2 Å². The predicted molar refractivity (Wildman–Crippen MR) is 109 cm³/mol. The lowest BCUT2D eigenvalue weighted by molar-refractivity contribution is -0.122. The fraction of sp³-hybridized carbons (Fsp3) is 0.100. The van der Waals surface area contributed by atoms with E-state index in [4.69, 9.17) is 26.8 Å². The first-order valence-corrected chi connectivity index (χ1v) is 8.73. The number of nitrogens with zero attached hydrogens (tertiary/aromatic N) is 1. The lowest BCUT2D eigenvalue weighted by Crippen LogP contribution is -2.54. The van der Waals surface area contributed by atoms with Gasteiger partial charge < -0.3 is 14.6 Å². The second kappa shape index (κ2) is 8.11. The first-order valence-electron chi connectivity index (χ1n) is 8.32. The molecule has 1 saturated heterocycles. The van der Waals surface area contributed by atoms with E-state index in [1.807, 2.05) is 0 Å². The molecule has 3 rings (SSSR count). The Hall–Kier alpha value is -3.72. The normalized spacial score (nSPS) is 15.3. The van der Waals surface area contributed by atoms with Crippen LogP contribution in [0.1, 0.15) is 15.9 Å². The number of anilines is 1. The van der Waals surface area contributed by atoms with Crippen LogP contribution in [0.5, 0.6) is 11.5 Å². The minimum Gasteiger partial charge on any atom is -0.493 e. The maximum Gasteiger partial charge on any atom is 0.335 e. The molecule has 2 amide bonds. The summed E-state index contributed by atoms with van der Waals surface area (Å²) in [6, 6.07) is 10.5. The molecule has 1 aliphatic heterocycles. The van der Waals surface area contributed by atoms with Crippen LogP contribution in [0.2, 0.25) is 0 Å². The second-order valence-corrected chi connectivity index (χ2v) is 6.31. The number of hydrogen-bond acceptors (Lipinski definition) is 6. The Morgan fingerprint density at radius 1 is 1.07 bits per heavy atom. The van der Waals surface area contributed by atoms with Crippen LogP contribution in [0, 0.1) is 0 Å². The molecule has 148 valence electrons. The average Bonchev–Trinajstić information content (AvgIpc) is 2.71. The van der Waals surface area contributed by atoms with Crippen LogP contribution in [-0.4, -0.2) is 42.2 Å². The zero-order valence-corrected chi connectivity index (χ0v) is 16.3. The first kappa shape index (κ1) is 20.0. The van der Waals surface area contributed by atoms with Crippen LogP contribution in [-0.2, 0) is 9.59 Å². The molecule has 2 aromatic rings. The number of aromatic carboxylic acids is 1. The maximum atomic E-state index is 13.0. The molecule has 1 heterocycles. The molecule has 9 heteroatoms. The van der Waals surface area contributed by atoms with Crippen molar-refractivity contribution in [2.45, 2.75) is 0 Å². The number of amides is 2. The van der Waals surface area contributed by atoms with Gasteiger partial charge in [0.2, 0.25) is 0 Å². The largest absolute Gasteiger partial charge is 0.493 e. The lowest BCUT2D eigenvalue weighted by atomic mass is 10.1. The minimum atomic E-state index is -1.09. The summed E-state index contributed by atoms with van der Waals surface area (Å²) in [4.78, 5) is 37.5. The fourth-order valence-electron chi connectivity index (χ4n) is 2.75. The average molecular weight is 412 g/mol. The number of thiocarbonyl (C=S) groups is 1. The van der Waals surface area contributed by atoms with Gasteiger partial charge >= 0.3 is 5.97 Å². The molecule has 8 nitrogen and oxygen atoms in total. The Bertz CT molecular complexity index is 1050. The number of carboxylic acid groups (broad SMARTS) is 1. The molecule has 0 atom stereocenters. The molecular weight excluding hydrogens is 396 g/mol. The van der Waals surface area contributed by atoms with Crippen LogP contribution in [0.4, 0.5) is 5.69 Å². The molecule has 0 bridgehead atoms. The highest BCUT2D eigenvalue weighted by atomic mass is 32.1. The van der Waals surface area contributed by atoms with E-state index in [0.29, 0.717) is 22.7 Å². The Morgan fingerprint density at radius 3 is 2.31 bits per heavy atom. The lowest BCUT2D eigenvalue weighted by Gasteiger charge is -2.29. The van der Waals surface area contributed by atoms with Crippen molar-refractivity contribution < 1.29 is 29.0 Å². The van der Waals surface area contributed by atoms with E-state index >= 15 is 0 Å². The number of carbonyl (C=O) groups excluding carboxylic acids is 2. The van der Waals surface area contributed by atoms with Crippen molar-refractivity contribution in [1.29, 1.82) is 0 Å². The molecule has 2 N–H and O–H groups in total. The third kappa shape index (κ3) is 3.94. The Balaban J connectivity index is 1.98. The van der Waals surface area contributed by atoms with Gasteiger partial charge in [0, 0.05) is 0 Å². The second-order valence-electron chi connectivity index (χ2n) is 5.92. The van der Waals surface area contributed by atoms with Gasteiger partial charge in [0.05, 0.1) is 25.5 Å². The summed E-state index contributed by atoms with van der Waals surface area (Å²) in [7, 11) is 2.98. The van der Waals surface area contributed by atoms with Crippen LogP contribution >= 0.6 is 12.2 Å². The molecule has 0 aliphatic carbocycles. The SMILES string of the molecule is COc1ccc(/C=C2\C(=O)NC(=S)N(c3ccc(C(=O)O)cc3)C2=O)cc1OC. The van der Waals surface area contributed by atoms with Crippen molar-refractivity contribution >= 4 is 46.9 Å². The van der Waals surface area contributed by atoms with E-state index in [9.17, 15) is 14.4 Å². The summed E-state index contributed by atoms with van der Waals surface area (Å²) < 4.78 is 10.4. The summed E-state index contributed by atoms with van der Waals surface area (Å²) in [5.74, 6) is -1.39. The number of rotatable bonds is 5. The van der Waals surface area contributed by atoms with Crippen molar-refractivity contribution in [3.8, 4) is 11.5 Å². The molecular formula is C20H16N2O6S. The molecule has 0 aromatic heterocycles. The molecule has 0 unspecified atom stereocenters. The maximum absolute atomic E-state index is 13.0. The number of ether oxygens (including phenoxy) is 2. The number of carboxylic acids is 1. The van der Waals surface area contributed by atoms with Crippen molar-refractivity contribution in [2.75, 3.05) is 19.1 Å². The van der Waals surface area contributed by atoms with Crippen LogP contribution in [0.15, 0.2) is 48.0 Å². The van der Waals surface area contributed by atoms with Gasteiger partial charge in [-0.2, -0.15) is 0 Å². The van der Waals surface area contributed by atoms with Gasteiger partial charge in [-0.15, -0.1) is 0 Å². The third-order valence-corrected chi connectivity index (χ3v) is 4.48. The van der Waals surface area contributed by atoms with Gasteiger partial charge in [-0.3, -0.25) is 19.8 Å². The smallest absolute Gasteiger partial charge is 0.335 e. The van der Waals surface area contributed by atoms with Crippen molar-refractivity contribution in [1.82, 2.24) is 5.32 Å². The van der Waals surface area contributed by atoms with Crippen LogP contribution in [0.25, 0.3) is 6.08 Å². The number of benzene rings is 2. The zero-order chi connectivity index (χ0) is 21.1. The summed E-state index contributed by atoms with van der Waals surface area (Å²) in [6.07, 6.45) is 1.42. The molecule has 29 heavy (non-hydrogen) atoms. The predicted octanol–water partition coefficient (Wildman–Crippen LogP) is 2.23. The third-order valence-electron chi connectivity index (χ3n) is 4.19. The summed E-state index contributed by atoms with van der Waals surface area (Å²) in [6.45, 7) is 0. The zero-order valence-electron chi connectivity index (χ0n) is 15.5. The van der Waals surface area contributed by atoms with Crippen LogP contribution < -0.4 is 19.7 Å². The van der Waals surface area contributed by atoms with Crippen LogP contribution in [0.3, 0.4) is 0 Å². The van der Waals surface area contributed by atoms with E-state index < -0.39 is 17.8 Å². The van der Waals surface area contributed by atoms with Gasteiger partial charge in [0.25, 0.3) is 11.8 Å². The van der Waals surface area contributed by atoms with Gasteiger partial charge in [0.15, 0.2) is 16.6 Å². The molecule has 1 aliphatic rings. The highest BCUT2D eigenvalue weighted by Gasteiger charge is 2.34. The highest BCUT2D eigenvalue weighted by Crippen LogP contribution is 2.29. The van der Waals surface area contributed by atoms with Gasteiger partial charge in [-0.25, -0.2) is 4.79 Å². The summed E-state index contributed by atoms with van der Waals surface area (Å²) >= 11 is 5.13. The monoisotopic (exact) mass is 412 g/mol. The fourth-order valence-corrected chi connectivity index (χ4v) is 3.04. The molecule has 1 fully saturated rings. The number of methoxy groups -OCH3 is 2. The van der Waals surface area contributed by atoms with Gasteiger partial charge in [0.1, 0.15) is 5.57 Å². The molecule has 0 saturated carbocycles. The molecule has 0 spiro atoms. The molecule has 2 aromatic carbocycles. The van der Waals surface area contributed by atoms with Crippen molar-refractivity contribution in [2.24, 2.45) is 0 Å². The van der Waals surface area contributed by atoms with E-state index in [1.165, 1.54) is 44.6 Å². The van der Waals surface area contributed by atoms with Gasteiger partial charge in [-0.1, -0.05) is 6.07 Å². The number of nitrogens with one attached hydrogen (secondary N) is 1. The van der Waals surface area contributed by atoms with Crippen molar-refractivity contribution in [3.05, 3.63) is 59.2 Å². The standard InChI is InChI=1S/C20H16N2O6S/c1-27-15-8-3-11(10-16(15)28-2)9-14-17(23)21-20(29)22(18(14)24)13-6-4-12(5-7-13)19(25)26/h3-10H,1-2H3,(H,25,26)(H,21,23,29)/b14-9+. The Labute approximate surface area is 171 Å². The number of hydrogen-bond donors (Lipinski definition) is 2. The molecule has 0 radical (unpaired) electrons. The van der Waals surface area contributed by atoms with E-state index in [0.717, 1.165) is 4.90 Å². The van der Waals surface area contributed by atoms with Gasteiger partial charge in [-0.05, 0) is 60.3 Å². The van der Waals surface area contributed by atoms with Crippen molar-refractivity contribution in [3.63, 3.8) is 0 Å². The summed E-state index contributed by atoms with van der Waals surface area (Å²) in [5.41, 5.74) is 0.820. The highest BCUT2D eigenvalue weighted by molar-refractivity contribution is 7.80. The summed E-state index contributed by atoms with van der Waals surface area (Å²) in [5, 5.41) is 11.4. The Kier molecular flexibility index (Phi) is 5.60. The minimum absolute atomic E-state index is 0.0641. The Morgan fingerprint density at radius 2 is 1.72 bits per heavy atom. The van der Waals surface area contributed by atoms with E-state index in [1.54, 1.807) is 18.2 Å². The number of carbonyl (C=O) groups is 3. The topological polar surface area (TPSA) is 105 Å². The quantitative estimate of drug-likeness (QED) is 0.441.